The third-order valence-electron chi connectivity index (χ3n) is 6.47. The molecule has 168 valence electrons. The van der Waals surface area contributed by atoms with Gasteiger partial charge in [0.1, 0.15) is 0 Å². The van der Waals surface area contributed by atoms with Crippen molar-refractivity contribution in [2.45, 2.75) is 18.8 Å². The normalized spacial score (nSPS) is 23.9. The molecule has 0 radical (unpaired) electrons. The largest absolute Gasteiger partial charge is 0.483 e. The highest BCUT2D eigenvalue weighted by molar-refractivity contribution is 6.06. The number of carbonyl (C=O) groups excluding carboxylic acids is 3. The molecule has 9 nitrogen and oxygen atoms in total. The monoisotopic (exact) mass is 430 g/mol. The lowest BCUT2D eigenvalue weighted by Gasteiger charge is -2.32. The molecule has 3 fully saturated rings. The molecule has 0 spiro atoms. The van der Waals surface area contributed by atoms with Gasteiger partial charge in [-0.25, -0.2) is 4.79 Å². The molecule has 1 aromatic rings. The number of rotatable bonds is 4. The molecule has 2 atom stereocenters. The minimum Gasteiger partial charge on any atom is -0.483 e. The molecule has 4 rings (SSSR count). The van der Waals surface area contributed by atoms with Crippen LogP contribution in [-0.2, 0) is 14.4 Å². The van der Waals surface area contributed by atoms with Gasteiger partial charge in [-0.05, 0) is 37.4 Å². The number of amides is 4. The van der Waals surface area contributed by atoms with Gasteiger partial charge in [-0.2, -0.15) is 0 Å². The van der Waals surface area contributed by atoms with E-state index < -0.39 is 0 Å². The van der Waals surface area contributed by atoms with Gasteiger partial charge < -0.3 is 20.2 Å². The van der Waals surface area contributed by atoms with Gasteiger partial charge in [0.05, 0.1) is 11.8 Å². The van der Waals surface area contributed by atoms with Crippen molar-refractivity contribution in [3.63, 3.8) is 0 Å². The molecule has 4 amide bonds. The van der Waals surface area contributed by atoms with E-state index in [1.54, 1.807) is 4.90 Å². The lowest BCUT2D eigenvalue weighted by Crippen LogP contribution is -2.45. The maximum absolute atomic E-state index is 12.4. The summed E-state index contributed by atoms with van der Waals surface area (Å²) >= 11 is 0. The first-order valence-corrected chi connectivity index (χ1v) is 10.7. The maximum Gasteiger partial charge on any atom is 0.317 e. The number of nitrogens with one attached hydrogen (secondary N) is 1. The molecule has 0 unspecified atom stereocenters. The summed E-state index contributed by atoms with van der Waals surface area (Å²) in [6.45, 7) is 3.93. The van der Waals surface area contributed by atoms with E-state index in [4.69, 9.17) is 9.90 Å². The average molecular weight is 431 g/mol. The Kier molecular flexibility index (Phi) is 7.62. The van der Waals surface area contributed by atoms with Crippen LogP contribution in [0.15, 0.2) is 30.3 Å². The molecule has 0 aromatic heterocycles. The second-order valence-electron chi connectivity index (χ2n) is 8.22. The number of piperidine rings is 1. The molecular weight excluding hydrogens is 400 g/mol. The van der Waals surface area contributed by atoms with Crippen LogP contribution in [0.5, 0.6) is 0 Å². The quantitative estimate of drug-likeness (QED) is 0.541. The lowest BCUT2D eigenvalue weighted by molar-refractivity contribution is -0.138. The fourth-order valence-corrected chi connectivity index (χ4v) is 4.72. The number of fused-ring (bicyclic) bond motifs is 1. The van der Waals surface area contributed by atoms with Crippen LogP contribution in [0.3, 0.4) is 0 Å². The molecule has 1 aromatic carbocycles. The molecular formula is C22H30N4O5. The third kappa shape index (κ3) is 5.22. The van der Waals surface area contributed by atoms with Gasteiger partial charge in [-0.1, -0.05) is 30.3 Å². The number of nitrogens with zero attached hydrogens (tertiary/aromatic N) is 3. The lowest BCUT2D eigenvalue weighted by atomic mass is 9.89. The fourth-order valence-electron chi connectivity index (χ4n) is 4.72. The van der Waals surface area contributed by atoms with Crippen LogP contribution in [0.25, 0.3) is 0 Å². The zero-order valence-corrected chi connectivity index (χ0v) is 17.8. The van der Waals surface area contributed by atoms with Crippen molar-refractivity contribution in [3.05, 3.63) is 35.9 Å². The maximum atomic E-state index is 12.4. The van der Waals surface area contributed by atoms with Crippen molar-refractivity contribution in [1.82, 2.24) is 20.0 Å². The number of carboxylic acid groups (broad SMARTS) is 1. The fraction of sp³-hybridized carbons (Fsp3) is 0.545. The summed E-state index contributed by atoms with van der Waals surface area (Å²) in [5, 5.41) is 9.84. The van der Waals surface area contributed by atoms with Crippen LogP contribution in [-0.4, -0.2) is 90.4 Å². The van der Waals surface area contributed by atoms with Gasteiger partial charge in [-0.3, -0.25) is 19.3 Å². The SMILES string of the molecule is CN1C(=O)[C@H]2CN(C(=O)NCCN3CCC(c4ccccc4)CC3)C[C@H]2C1=O.O=CO. The second-order valence-corrected chi connectivity index (χ2v) is 8.22. The van der Waals surface area contributed by atoms with Crippen LogP contribution in [0.1, 0.15) is 24.3 Å². The summed E-state index contributed by atoms with van der Waals surface area (Å²) in [6.07, 6.45) is 2.29. The average Bonchev–Trinajstić information content (AvgIpc) is 3.31. The van der Waals surface area contributed by atoms with Crippen molar-refractivity contribution in [3.8, 4) is 0 Å². The molecule has 3 saturated heterocycles. The Morgan fingerprint density at radius 2 is 1.65 bits per heavy atom. The van der Waals surface area contributed by atoms with E-state index in [2.05, 4.69) is 40.5 Å². The topological polar surface area (TPSA) is 110 Å². The molecule has 9 heteroatoms. The van der Waals surface area contributed by atoms with E-state index in [0.717, 1.165) is 32.5 Å². The Morgan fingerprint density at radius 3 is 2.19 bits per heavy atom. The zero-order valence-electron chi connectivity index (χ0n) is 17.8. The molecule has 2 N–H and O–H groups in total. The Labute approximate surface area is 182 Å². The first kappa shape index (κ1) is 22.7. The standard InChI is InChI=1S/C21H28N4O3.CH2O2/c1-23-19(26)17-13-25(14-18(17)20(23)27)21(28)22-9-12-24-10-7-16(8-11-24)15-5-3-2-4-6-15;2-1-3/h2-6,16-18H,7-14H2,1H3,(H,22,28);1H,(H,2,3)/t17-,18+;. The van der Waals surface area contributed by atoms with Crippen molar-refractivity contribution < 1.29 is 24.3 Å². The summed E-state index contributed by atoms with van der Waals surface area (Å²) in [5.41, 5.74) is 1.42. The highest BCUT2D eigenvalue weighted by Crippen LogP contribution is 2.32. The Bertz CT molecular complexity index is 770. The van der Waals surface area contributed by atoms with Gasteiger partial charge >= 0.3 is 6.03 Å². The number of likely N-dealkylation sites (tertiary alicyclic amines) is 3. The predicted molar refractivity (Wildman–Crippen MR) is 113 cm³/mol. The molecule has 0 aliphatic carbocycles. The van der Waals surface area contributed by atoms with E-state index in [-0.39, 0.29) is 36.2 Å². The van der Waals surface area contributed by atoms with E-state index in [1.165, 1.54) is 17.5 Å². The Morgan fingerprint density at radius 1 is 1.10 bits per heavy atom. The van der Waals surface area contributed by atoms with E-state index in [9.17, 15) is 14.4 Å². The minimum atomic E-state index is -0.361. The van der Waals surface area contributed by atoms with Gasteiger partial charge in [0.25, 0.3) is 6.47 Å². The number of imide groups is 1. The number of hydrogen-bond acceptors (Lipinski definition) is 5. The number of urea groups is 1. The number of benzene rings is 1. The van der Waals surface area contributed by atoms with Crippen LogP contribution < -0.4 is 5.32 Å². The Hall–Kier alpha value is -2.94. The molecule has 31 heavy (non-hydrogen) atoms. The second kappa shape index (κ2) is 10.4. The summed E-state index contributed by atoms with van der Waals surface area (Å²) < 4.78 is 0. The first-order chi connectivity index (χ1) is 15.0. The molecule has 0 bridgehead atoms. The van der Waals surface area contributed by atoms with Crippen LogP contribution in [0.4, 0.5) is 4.79 Å². The summed E-state index contributed by atoms with van der Waals surface area (Å²) in [6, 6.07) is 10.5. The first-order valence-electron chi connectivity index (χ1n) is 10.7. The van der Waals surface area contributed by atoms with Crippen molar-refractivity contribution in [2.75, 3.05) is 46.3 Å². The van der Waals surface area contributed by atoms with Gasteiger partial charge in [-0.15, -0.1) is 0 Å². The molecule has 3 aliphatic heterocycles. The predicted octanol–water partition coefficient (Wildman–Crippen LogP) is 0.823. The van der Waals surface area contributed by atoms with Crippen molar-refractivity contribution in [2.24, 2.45) is 11.8 Å². The molecule has 0 saturated carbocycles. The van der Waals surface area contributed by atoms with Crippen LogP contribution >= 0.6 is 0 Å². The molecule has 3 heterocycles. The Balaban J connectivity index is 0.000000858. The van der Waals surface area contributed by atoms with E-state index >= 15 is 0 Å². The van der Waals surface area contributed by atoms with Gasteiger partial charge in [0, 0.05) is 33.2 Å². The zero-order chi connectivity index (χ0) is 22.4. The highest BCUT2D eigenvalue weighted by Gasteiger charge is 2.51. The van der Waals surface area contributed by atoms with Crippen molar-refractivity contribution >= 4 is 24.3 Å². The minimum absolute atomic E-state index is 0.161. The van der Waals surface area contributed by atoms with Gasteiger partial charge in [0.2, 0.25) is 11.8 Å². The smallest absolute Gasteiger partial charge is 0.317 e. The van der Waals surface area contributed by atoms with Crippen LogP contribution in [0.2, 0.25) is 0 Å². The van der Waals surface area contributed by atoms with E-state index in [1.807, 2.05) is 0 Å². The summed E-state index contributed by atoms with van der Waals surface area (Å²) in [7, 11) is 1.52. The summed E-state index contributed by atoms with van der Waals surface area (Å²) in [4.78, 5) is 50.1. The summed E-state index contributed by atoms with van der Waals surface area (Å²) in [5.74, 6) is -0.414. The van der Waals surface area contributed by atoms with Crippen LogP contribution in [0, 0.1) is 11.8 Å². The number of hydrogen-bond donors (Lipinski definition) is 2. The van der Waals surface area contributed by atoms with Gasteiger partial charge in [0.15, 0.2) is 0 Å². The number of carbonyl (C=O) groups is 4. The molecule has 3 aliphatic rings. The van der Waals surface area contributed by atoms with E-state index in [0.29, 0.717) is 25.6 Å². The van der Waals surface area contributed by atoms with Crippen molar-refractivity contribution in [1.29, 1.82) is 0 Å². The highest BCUT2D eigenvalue weighted by atomic mass is 16.3. The third-order valence-corrected chi connectivity index (χ3v) is 6.47.